The molecule has 0 atom stereocenters. The lowest BCUT2D eigenvalue weighted by Crippen LogP contribution is -2.44. The molecule has 0 bridgehead atoms. The van der Waals surface area contributed by atoms with Crippen LogP contribution < -0.4 is 21.9 Å². The highest BCUT2D eigenvalue weighted by atomic mass is 16.6. The van der Waals surface area contributed by atoms with Crippen molar-refractivity contribution in [1.82, 2.24) is 25.1 Å². The summed E-state index contributed by atoms with van der Waals surface area (Å²) in [4.78, 5) is 76.8. The molecule has 0 saturated heterocycles. The number of rotatable bonds is 13. The number of ether oxygens (including phenoxy) is 2. The standard InChI is InChI=1S/C33H39N5O9/c1-33(2,3)47-32(45)34-14-8-9-21-17-38(30(43)36-29(21)42)18-27(39)37(19-28(40)41)16-15-35-31(44)46-20-26-24-12-6-4-10-22(24)23-11-5-7-13-25(23)26/h4-7,10-13,17,26H,8-9,14-16,18-20H2,1-3H3,(H,34,45)(H,35,44)(H,40,41)(H,36,42,43). The number of carbonyl (C=O) groups excluding carboxylic acids is 3. The molecule has 14 nitrogen and oxygen atoms in total. The summed E-state index contributed by atoms with van der Waals surface area (Å²) in [6.07, 6.45) is 0.440. The van der Waals surface area contributed by atoms with Crippen molar-refractivity contribution in [2.75, 3.05) is 32.8 Å². The second-order valence-electron chi connectivity index (χ2n) is 12.0. The Morgan fingerprint density at radius 3 is 2.17 bits per heavy atom. The summed E-state index contributed by atoms with van der Waals surface area (Å²) in [5, 5.41) is 14.5. The minimum Gasteiger partial charge on any atom is -0.480 e. The molecule has 2 aromatic carbocycles. The Bertz CT molecular complexity index is 1700. The minimum atomic E-state index is -1.29. The normalized spacial score (nSPS) is 12.1. The zero-order chi connectivity index (χ0) is 34.1. The first-order valence-electron chi connectivity index (χ1n) is 15.2. The molecule has 1 aliphatic carbocycles. The molecule has 250 valence electrons. The van der Waals surface area contributed by atoms with Crippen LogP contribution in [-0.2, 0) is 32.0 Å². The molecule has 3 aromatic rings. The Hall–Kier alpha value is -5.40. The van der Waals surface area contributed by atoms with E-state index in [2.05, 4.69) is 15.6 Å². The number of hydrogen-bond donors (Lipinski definition) is 4. The third-order valence-electron chi connectivity index (χ3n) is 7.35. The molecule has 14 heteroatoms. The van der Waals surface area contributed by atoms with E-state index in [1.165, 1.54) is 6.20 Å². The maximum absolute atomic E-state index is 13.1. The minimum absolute atomic E-state index is 0.0894. The van der Waals surface area contributed by atoms with Gasteiger partial charge in [0.2, 0.25) is 5.91 Å². The highest BCUT2D eigenvalue weighted by Crippen LogP contribution is 2.44. The molecular formula is C33H39N5O9. The first-order chi connectivity index (χ1) is 22.3. The fourth-order valence-electron chi connectivity index (χ4n) is 5.28. The summed E-state index contributed by atoms with van der Waals surface area (Å²) in [6.45, 7) is 3.99. The van der Waals surface area contributed by atoms with Crippen molar-refractivity contribution in [2.24, 2.45) is 0 Å². The quantitative estimate of drug-likeness (QED) is 0.202. The number of carbonyl (C=O) groups is 4. The number of aryl methyl sites for hydroxylation is 1. The molecule has 0 saturated carbocycles. The Morgan fingerprint density at radius 2 is 1.55 bits per heavy atom. The monoisotopic (exact) mass is 649 g/mol. The lowest BCUT2D eigenvalue weighted by molar-refractivity contribution is -0.144. The number of nitrogens with zero attached hydrogens (tertiary/aromatic N) is 2. The lowest BCUT2D eigenvalue weighted by Gasteiger charge is -2.21. The van der Waals surface area contributed by atoms with Crippen molar-refractivity contribution in [1.29, 1.82) is 0 Å². The second-order valence-corrected chi connectivity index (χ2v) is 12.0. The molecule has 1 aromatic heterocycles. The van der Waals surface area contributed by atoms with E-state index < -0.39 is 54.0 Å². The number of fused-ring (bicyclic) bond motifs is 3. The molecule has 4 rings (SSSR count). The summed E-state index contributed by atoms with van der Waals surface area (Å²) in [5.74, 6) is -2.14. The first-order valence-corrected chi connectivity index (χ1v) is 15.2. The molecule has 0 aliphatic heterocycles. The number of aromatic amines is 1. The topological polar surface area (TPSA) is 189 Å². The second kappa shape index (κ2) is 15.3. The summed E-state index contributed by atoms with van der Waals surface area (Å²) < 4.78 is 11.6. The van der Waals surface area contributed by atoms with E-state index in [4.69, 9.17) is 9.47 Å². The van der Waals surface area contributed by atoms with Crippen molar-refractivity contribution in [2.45, 2.75) is 51.7 Å². The predicted molar refractivity (Wildman–Crippen MR) is 171 cm³/mol. The Morgan fingerprint density at radius 1 is 0.936 bits per heavy atom. The van der Waals surface area contributed by atoms with E-state index in [9.17, 15) is 33.9 Å². The number of benzene rings is 2. The Labute approximate surface area is 270 Å². The Balaban J connectivity index is 1.29. The number of aromatic nitrogens is 2. The van der Waals surface area contributed by atoms with Crippen molar-refractivity contribution in [3.63, 3.8) is 0 Å². The average Bonchev–Trinajstić information content (AvgIpc) is 3.32. The van der Waals surface area contributed by atoms with Crippen molar-refractivity contribution >= 4 is 24.1 Å². The fourth-order valence-corrected chi connectivity index (χ4v) is 5.28. The SMILES string of the molecule is CC(C)(C)OC(=O)NCCCc1cn(CC(=O)N(CCNC(=O)OCC2c3ccccc3-c3ccccc32)CC(=O)O)c(=O)[nH]c1=O. The van der Waals surface area contributed by atoms with E-state index >= 15 is 0 Å². The number of carboxylic acid groups (broad SMARTS) is 1. The average molecular weight is 650 g/mol. The van der Waals surface area contributed by atoms with Crippen LogP contribution in [0.15, 0.2) is 64.3 Å². The number of alkyl carbamates (subject to hydrolysis) is 2. The van der Waals surface area contributed by atoms with Gasteiger partial charge in [-0.1, -0.05) is 48.5 Å². The largest absolute Gasteiger partial charge is 0.480 e. The smallest absolute Gasteiger partial charge is 0.407 e. The number of carboxylic acids is 1. The molecule has 0 radical (unpaired) electrons. The van der Waals surface area contributed by atoms with Gasteiger partial charge in [0, 0.05) is 37.3 Å². The van der Waals surface area contributed by atoms with Gasteiger partial charge < -0.3 is 30.1 Å². The molecule has 4 N–H and O–H groups in total. The maximum Gasteiger partial charge on any atom is 0.407 e. The van der Waals surface area contributed by atoms with Crippen LogP contribution in [0.25, 0.3) is 11.1 Å². The number of nitrogens with one attached hydrogen (secondary N) is 3. The van der Waals surface area contributed by atoms with Gasteiger partial charge >= 0.3 is 23.8 Å². The molecule has 0 fully saturated rings. The van der Waals surface area contributed by atoms with Crippen molar-refractivity contribution < 1.29 is 33.8 Å². The predicted octanol–water partition coefficient (Wildman–Crippen LogP) is 2.45. The summed E-state index contributed by atoms with van der Waals surface area (Å²) in [5.41, 5.74) is 2.35. The van der Waals surface area contributed by atoms with Gasteiger partial charge in [0.1, 0.15) is 25.3 Å². The number of H-pyrrole nitrogens is 1. The van der Waals surface area contributed by atoms with E-state index in [1.807, 2.05) is 48.5 Å². The molecular weight excluding hydrogens is 610 g/mol. The zero-order valence-corrected chi connectivity index (χ0v) is 26.5. The van der Waals surface area contributed by atoms with Crippen LogP contribution in [0.4, 0.5) is 9.59 Å². The van der Waals surface area contributed by atoms with E-state index in [1.54, 1.807) is 20.8 Å². The number of amides is 3. The van der Waals surface area contributed by atoms with Gasteiger partial charge in [0.15, 0.2) is 0 Å². The summed E-state index contributed by atoms with van der Waals surface area (Å²) >= 11 is 0. The number of hydrogen-bond acceptors (Lipinski definition) is 8. The van der Waals surface area contributed by atoms with Crippen molar-refractivity contribution in [3.8, 4) is 11.1 Å². The Kier molecular flexibility index (Phi) is 11.2. The van der Waals surface area contributed by atoms with Gasteiger partial charge in [-0.05, 0) is 55.9 Å². The molecule has 1 heterocycles. The fraction of sp³-hybridized carbons (Fsp3) is 0.394. The van der Waals surface area contributed by atoms with Crippen LogP contribution in [0.5, 0.6) is 0 Å². The third kappa shape index (κ3) is 9.55. The van der Waals surface area contributed by atoms with E-state index in [0.29, 0.717) is 6.42 Å². The van der Waals surface area contributed by atoms with Crippen LogP contribution in [-0.4, -0.2) is 82.0 Å². The van der Waals surface area contributed by atoms with E-state index in [0.717, 1.165) is 31.7 Å². The molecule has 3 amide bonds. The summed E-state index contributed by atoms with van der Waals surface area (Å²) in [6, 6.07) is 15.8. The third-order valence-corrected chi connectivity index (χ3v) is 7.35. The van der Waals surface area contributed by atoms with Crippen LogP contribution >= 0.6 is 0 Å². The zero-order valence-electron chi connectivity index (χ0n) is 26.5. The van der Waals surface area contributed by atoms with E-state index in [-0.39, 0.29) is 44.1 Å². The lowest BCUT2D eigenvalue weighted by atomic mass is 9.98. The highest BCUT2D eigenvalue weighted by Gasteiger charge is 2.29. The summed E-state index contributed by atoms with van der Waals surface area (Å²) in [7, 11) is 0. The molecule has 1 aliphatic rings. The molecule has 47 heavy (non-hydrogen) atoms. The first kappa shape index (κ1) is 34.5. The van der Waals surface area contributed by atoms with Gasteiger partial charge in [-0.25, -0.2) is 14.4 Å². The highest BCUT2D eigenvalue weighted by molar-refractivity contribution is 5.81. The maximum atomic E-state index is 13.1. The van der Waals surface area contributed by atoms with Crippen molar-refractivity contribution in [3.05, 3.63) is 92.3 Å². The van der Waals surface area contributed by atoms with Gasteiger partial charge in [-0.15, -0.1) is 0 Å². The van der Waals surface area contributed by atoms with Gasteiger partial charge in [-0.2, -0.15) is 0 Å². The number of aliphatic carboxylic acids is 1. The van der Waals surface area contributed by atoms with Gasteiger partial charge in [0.25, 0.3) is 5.56 Å². The van der Waals surface area contributed by atoms with Crippen LogP contribution in [0, 0.1) is 0 Å². The molecule has 0 spiro atoms. The van der Waals surface area contributed by atoms with Crippen LogP contribution in [0.1, 0.15) is 49.8 Å². The van der Waals surface area contributed by atoms with Gasteiger partial charge in [0.05, 0.1) is 0 Å². The van der Waals surface area contributed by atoms with Crippen LogP contribution in [0.2, 0.25) is 0 Å². The molecule has 0 unspecified atom stereocenters. The van der Waals surface area contributed by atoms with Crippen LogP contribution in [0.3, 0.4) is 0 Å². The van der Waals surface area contributed by atoms with Gasteiger partial charge in [-0.3, -0.25) is 23.9 Å².